The second-order valence-corrected chi connectivity index (χ2v) is 15.1. The first kappa shape index (κ1) is 38.6. The highest BCUT2D eigenvalue weighted by Crippen LogP contribution is 2.63. The van der Waals surface area contributed by atoms with E-state index in [1.807, 2.05) is 67.6 Å². The van der Waals surface area contributed by atoms with Crippen LogP contribution in [0.4, 0.5) is 4.79 Å². The molecule has 1 aliphatic heterocycles. The topological polar surface area (TPSA) is 119 Å². The summed E-state index contributed by atoms with van der Waals surface area (Å²) in [5.41, 5.74) is 3.90. The Hall–Kier alpha value is -4.09. The lowest BCUT2D eigenvalue weighted by molar-refractivity contribution is -0.223. The van der Waals surface area contributed by atoms with Crippen molar-refractivity contribution in [2.45, 2.75) is 80.3 Å². The summed E-state index contributed by atoms with van der Waals surface area (Å²) < 4.78 is 20.0. The number of carbonyl (C=O) groups is 1. The average molecular weight is 741 g/mol. The van der Waals surface area contributed by atoms with Crippen LogP contribution in [-0.4, -0.2) is 59.4 Å². The van der Waals surface area contributed by atoms with Gasteiger partial charge in [-0.05, 0) is 85.9 Å². The van der Waals surface area contributed by atoms with Gasteiger partial charge in [0, 0.05) is 42.6 Å². The second-order valence-electron chi connectivity index (χ2n) is 13.9. The second kappa shape index (κ2) is 18.8. The summed E-state index contributed by atoms with van der Waals surface area (Å²) in [5, 5.41) is 27.0. The van der Waals surface area contributed by atoms with Gasteiger partial charge in [-0.15, -0.1) is 18.3 Å². The molecule has 1 heterocycles. The van der Waals surface area contributed by atoms with E-state index in [2.05, 4.69) is 30.1 Å². The van der Waals surface area contributed by atoms with Crippen LogP contribution in [0.25, 0.3) is 0 Å². The Bertz CT molecular complexity index is 1720. The fourth-order valence-electron chi connectivity index (χ4n) is 8.20. The minimum absolute atomic E-state index is 0.113. The Kier molecular flexibility index (Phi) is 13.7. The van der Waals surface area contributed by atoms with Crippen LogP contribution in [-0.2, 0) is 16.2 Å². The number of amides is 1. The van der Waals surface area contributed by atoms with Crippen molar-refractivity contribution in [1.29, 1.82) is 0 Å². The molecule has 0 bridgehead atoms. The number of carbonyl (C=O) groups excluding carboxylic acids is 1. The van der Waals surface area contributed by atoms with E-state index in [1.165, 1.54) is 0 Å². The highest BCUT2D eigenvalue weighted by Gasteiger charge is 2.64. The molecule has 0 spiro atoms. The van der Waals surface area contributed by atoms with Crippen LogP contribution in [0, 0.1) is 17.8 Å². The normalized spacial score (nSPS) is 25.0. The van der Waals surface area contributed by atoms with Crippen LogP contribution in [0.15, 0.2) is 113 Å². The first-order valence-corrected chi connectivity index (χ1v) is 19.8. The van der Waals surface area contributed by atoms with Crippen LogP contribution >= 0.6 is 11.8 Å². The Morgan fingerprint density at radius 2 is 1.75 bits per heavy atom. The van der Waals surface area contributed by atoms with E-state index in [-0.39, 0.29) is 48.7 Å². The van der Waals surface area contributed by atoms with Gasteiger partial charge in [0.2, 0.25) is 5.79 Å². The fraction of sp³-hybridized carbons (Fsp3) is 0.442. The van der Waals surface area contributed by atoms with Gasteiger partial charge in [0.15, 0.2) is 0 Å². The zero-order valence-corrected chi connectivity index (χ0v) is 31.3. The van der Waals surface area contributed by atoms with Crippen LogP contribution in [0.1, 0.15) is 68.9 Å². The van der Waals surface area contributed by atoms with E-state index in [1.54, 1.807) is 23.9 Å². The summed E-state index contributed by atoms with van der Waals surface area (Å²) in [7, 11) is 0. The molecule has 282 valence electrons. The quantitative estimate of drug-likeness (QED) is 0.0676. The molecule has 3 aromatic carbocycles. The minimum Gasteiger partial charge on any atom is -0.460 e. The van der Waals surface area contributed by atoms with E-state index >= 15 is 0 Å². The molecule has 0 saturated heterocycles. The summed E-state index contributed by atoms with van der Waals surface area (Å²) in [5.74, 6) is -0.106. The molecule has 3 aliphatic rings. The number of unbranched alkanes of at least 4 members (excludes halogenated alkanes) is 2. The highest BCUT2D eigenvalue weighted by molar-refractivity contribution is 8.00. The molecule has 1 amide bonds. The van der Waals surface area contributed by atoms with Crippen molar-refractivity contribution in [2.24, 2.45) is 22.9 Å². The number of aliphatic hydroxyl groups excluding tert-OH is 2. The summed E-state index contributed by atoms with van der Waals surface area (Å²) in [6.45, 7) is 7.20. The van der Waals surface area contributed by atoms with Crippen LogP contribution < -0.4 is 14.8 Å². The number of oxime groups is 1. The van der Waals surface area contributed by atoms with Crippen molar-refractivity contribution in [2.75, 3.05) is 26.4 Å². The van der Waals surface area contributed by atoms with Crippen LogP contribution in [0.5, 0.6) is 11.5 Å². The number of hydrogen-bond donors (Lipinski definition) is 3. The van der Waals surface area contributed by atoms with E-state index < -0.39 is 11.9 Å². The predicted octanol–water partition coefficient (Wildman–Crippen LogP) is 8.42. The maximum atomic E-state index is 12.6. The number of nitrogens with one attached hydrogen (secondary N) is 1. The Morgan fingerprint density at radius 3 is 2.47 bits per heavy atom. The molecule has 6 rings (SSSR count). The molecule has 0 aromatic heterocycles. The van der Waals surface area contributed by atoms with Gasteiger partial charge in [0.05, 0.1) is 23.5 Å². The molecule has 53 heavy (non-hydrogen) atoms. The van der Waals surface area contributed by atoms with Gasteiger partial charge in [-0.25, -0.2) is 4.79 Å². The number of allylic oxidation sites excluding steroid dienone is 1. The summed E-state index contributed by atoms with van der Waals surface area (Å²) in [6, 6.07) is 26.0. The van der Waals surface area contributed by atoms with Gasteiger partial charge in [0.25, 0.3) is 0 Å². The van der Waals surface area contributed by atoms with Crippen molar-refractivity contribution in [1.82, 2.24) is 5.32 Å². The van der Waals surface area contributed by atoms with E-state index in [9.17, 15) is 15.0 Å². The van der Waals surface area contributed by atoms with Crippen LogP contribution in [0.3, 0.4) is 0 Å². The summed E-state index contributed by atoms with van der Waals surface area (Å²) >= 11 is 1.72. The summed E-state index contributed by atoms with van der Waals surface area (Å²) in [4.78, 5) is 19.9. The van der Waals surface area contributed by atoms with Crippen molar-refractivity contribution in [3.05, 3.63) is 114 Å². The van der Waals surface area contributed by atoms with Gasteiger partial charge in [0.1, 0.15) is 18.1 Å². The Morgan fingerprint density at radius 1 is 1.02 bits per heavy atom. The molecule has 1 saturated carbocycles. The Balaban J connectivity index is 1.53. The molecular weight excluding hydrogens is 689 g/mol. The maximum Gasteiger partial charge on any atom is 0.412 e. The average Bonchev–Trinajstić information content (AvgIpc) is 3.17. The number of thioether (sulfide) groups is 1. The summed E-state index contributed by atoms with van der Waals surface area (Å²) in [6.07, 6.45) is 9.03. The van der Waals surface area contributed by atoms with Gasteiger partial charge >= 0.3 is 6.09 Å². The number of nitrogens with zero attached hydrogens (tertiary/aromatic N) is 1. The van der Waals surface area contributed by atoms with Gasteiger partial charge in [-0.2, -0.15) is 0 Å². The molecular formula is C43H52N2O7S. The first-order chi connectivity index (χ1) is 26.0. The number of ether oxygens (including phenoxy) is 3. The molecule has 9 nitrogen and oxygen atoms in total. The maximum absolute atomic E-state index is 12.6. The third kappa shape index (κ3) is 9.00. The SMILES string of the molecule is C=CCO[C@@]12Oc3ccc(OC(=O)NCC)cc3[C@H]3[C@H](CCCCO)[C@@H](CCCCO)C=C(C(=NOCc4ccccc4)C[C@@H]1Sc1ccccc1)[C@H]32. The van der Waals surface area contributed by atoms with Crippen molar-refractivity contribution in [3.63, 3.8) is 0 Å². The molecule has 6 atom stereocenters. The smallest absolute Gasteiger partial charge is 0.412 e. The van der Waals surface area contributed by atoms with Crippen molar-refractivity contribution < 1.29 is 34.1 Å². The van der Waals surface area contributed by atoms with Crippen LogP contribution in [0.2, 0.25) is 0 Å². The predicted molar refractivity (Wildman–Crippen MR) is 208 cm³/mol. The van der Waals surface area contributed by atoms with E-state index in [0.29, 0.717) is 43.9 Å². The lowest BCUT2D eigenvalue weighted by Gasteiger charge is -2.58. The molecule has 1 fully saturated rings. The zero-order valence-electron chi connectivity index (χ0n) is 30.5. The third-order valence-corrected chi connectivity index (χ3v) is 11.7. The number of benzene rings is 3. The Labute approximate surface area is 317 Å². The molecule has 2 aliphatic carbocycles. The highest BCUT2D eigenvalue weighted by atomic mass is 32.2. The third-order valence-electron chi connectivity index (χ3n) is 10.4. The van der Waals surface area contributed by atoms with Gasteiger partial charge < -0.3 is 34.6 Å². The first-order valence-electron chi connectivity index (χ1n) is 18.9. The molecule has 0 radical (unpaired) electrons. The van der Waals surface area contributed by atoms with Gasteiger partial charge in [-0.3, -0.25) is 0 Å². The molecule has 3 aromatic rings. The minimum atomic E-state index is -1.11. The fourth-order valence-corrected chi connectivity index (χ4v) is 9.51. The van der Waals surface area contributed by atoms with Crippen molar-refractivity contribution in [3.8, 4) is 11.5 Å². The molecule has 3 N–H and O–H groups in total. The number of hydrogen-bond acceptors (Lipinski definition) is 9. The number of fused-ring (bicyclic) bond motifs is 2. The lowest BCUT2D eigenvalue weighted by atomic mass is 9.56. The van der Waals surface area contributed by atoms with E-state index in [0.717, 1.165) is 53.0 Å². The molecule has 0 unspecified atom stereocenters. The lowest BCUT2D eigenvalue weighted by Crippen LogP contribution is -2.64. The standard InChI is InChI=1S/C43H52N2O7S/c1-3-25-49-43-39(53-33-18-9-6-10-19-33)28-37(45-50-29-30-15-7-5-8-16-30)35-26-31(17-11-13-23-46)34(20-12-14-24-47)40(41(35)43)36-27-32(21-22-38(36)52-43)51-42(48)44-4-2/h3,5-10,15-16,18-19,21-22,26-27,31,34,39-41,46-47H,1,4,11-14,17,20,23-25,28-29H2,2H3,(H,44,48)/t31-,34+,39-,40+,41+,43+/m0/s1. The number of rotatable bonds is 18. The largest absolute Gasteiger partial charge is 0.460 e. The zero-order chi connectivity index (χ0) is 37.0. The number of aliphatic hydroxyl groups is 2. The molecule has 10 heteroatoms. The monoisotopic (exact) mass is 740 g/mol. The van der Waals surface area contributed by atoms with Crippen molar-refractivity contribution >= 4 is 23.6 Å². The van der Waals surface area contributed by atoms with E-state index in [4.69, 9.17) is 24.2 Å². The van der Waals surface area contributed by atoms with Gasteiger partial charge in [-0.1, -0.05) is 78.7 Å².